The second kappa shape index (κ2) is 11.0. The zero-order chi connectivity index (χ0) is 26.6. The number of benzene rings is 3. The van der Waals surface area contributed by atoms with Crippen molar-refractivity contribution in [3.05, 3.63) is 117 Å². The Morgan fingerprint density at radius 2 is 1.66 bits per heavy atom. The fourth-order valence-electron chi connectivity index (χ4n) is 4.68. The van der Waals surface area contributed by atoms with Crippen molar-refractivity contribution in [1.29, 1.82) is 0 Å². The van der Waals surface area contributed by atoms with Gasteiger partial charge in [-0.05, 0) is 43.2 Å². The minimum Gasteiger partial charge on any atom is -0.624 e. The fourth-order valence-corrected chi connectivity index (χ4v) is 5.64. The first kappa shape index (κ1) is 25.4. The monoisotopic (exact) mass is 524 g/mol. The van der Waals surface area contributed by atoms with Crippen molar-refractivity contribution in [2.24, 2.45) is 0 Å². The number of esters is 1. The van der Waals surface area contributed by atoms with Crippen LogP contribution in [-0.2, 0) is 16.0 Å². The molecule has 0 spiro atoms. The van der Waals surface area contributed by atoms with E-state index in [4.69, 9.17) is 14.5 Å². The number of rotatable bonds is 8. The van der Waals surface area contributed by atoms with Gasteiger partial charge in [-0.1, -0.05) is 60.7 Å². The van der Waals surface area contributed by atoms with Crippen molar-refractivity contribution in [3.63, 3.8) is 0 Å². The summed E-state index contributed by atoms with van der Waals surface area (Å²) >= 11 is 1.68. The zero-order valence-corrected chi connectivity index (χ0v) is 22.4. The number of aryl methyl sites for hydroxylation is 1. The van der Waals surface area contributed by atoms with Crippen molar-refractivity contribution in [2.45, 2.75) is 20.3 Å². The third kappa shape index (κ3) is 4.97. The van der Waals surface area contributed by atoms with E-state index in [9.17, 15) is 10.0 Å². The van der Waals surface area contributed by atoms with E-state index in [-0.39, 0.29) is 17.9 Å². The molecular formula is C31H28N2O4S. The summed E-state index contributed by atoms with van der Waals surface area (Å²) in [4.78, 5) is 19.0. The number of hydroxylamine groups is 1. The average Bonchev–Trinajstić information content (AvgIpc) is 3.47. The number of carbonyl (C=O) groups is 1. The van der Waals surface area contributed by atoms with Gasteiger partial charge in [0, 0.05) is 22.4 Å². The molecule has 3 aromatic carbocycles. The number of ether oxygens (including phenoxy) is 2. The van der Waals surface area contributed by atoms with Crippen molar-refractivity contribution >= 4 is 28.6 Å². The molecule has 0 N–H and O–H groups in total. The van der Waals surface area contributed by atoms with E-state index >= 15 is 0 Å². The van der Waals surface area contributed by atoms with Crippen LogP contribution in [-0.4, -0.2) is 41.7 Å². The van der Waals surface area contributed by atoms with Gasteiger partial charge < -0.3 is 14.7 Å². The first-order valence-corrected chi connectivity index (χ1v) is 13.3. The fraction of sp³-hybridized carbons (Fsp3) is 0.194. The second-order valence-electron chi connectivity index (χ2n) is 8.88. The molecule has 0 aliphatic heterocycles. The molecule has 0 saturated carbocycles. The van der Waals surface area contributed by atoms with Gasteiger partial charge in [-0.3, -0.25) is 0 Å². The lowest BCUT2D eigenvalue weighted by molar-refractivity contribution is -0.421. The molecule has 0 amide bonds. The maximum atomic E-state index is 13.1. The van der Waals surface area contributed by atoms with E-state index in [1.165, 1.54) is 11.9 Å². The summed E-state index contributed by atoms with van der Waals surface area (Å²) in [5.41, 5.74) is 5.66. The Balaban J connectivity index is 1.41. The molecule has 38 heavy (non-hydrogen) atoms. The Labute approximate surface area is 226 Å². The number of hydrogen-bond acceptors (Lipinski definition) is 6. The standard InChI is InChI=1S/C31H28N2O4S/c1-4-36-31(34)28-27(21-11-7-5-8-12-21)24-16-15-23(19-25(24)29(28)33(3)35)37-18-17-26-20(2)38-30(32-26)22-13-9-6-10-14-22/h5-16,19H,4,17-18H2,1-3H3/b33-29+. The number of nitrogens with zero attached hydrogens (tertiary/aromatic N) is 2. The SMILES string of the molecule is CCOC(=O)C1=C(c2ccccc2)c2ccc(OCCc3nc(-c4ccccc4)sc3C)cc2/C1=[N+](/C)[O-]. The molecule has 1 heterocycles. The first-order valence-electron chi connectivity index (χ1n) is 12.5. The minimum atomic E-state index is -0.518. The predicted molar refractivity (Wildman–Crippen MR) is 151 cm³/mol. The number of fused-ring (bicyclic) bond motifs is 1. The highest BCUT2D eigenvalue weighted by atomic mass is 32.1. The van der Waals surface area contributed by atoms with Crippen LogP contribution in [0.4, 0.5) is 0 Å². The Kier molecular flexibility index (Phi) is 7.38. The highest BCUT2D eigenvalue weighted by Crippen LogP contribution is 2.40. The summed E-state index contributed by atoms with van der Waals surface area (Å²) in [6, 6.07) is 25.3. The Morgan fingerprint density at radius 3 is 2.32 bits per heavy atom. The number of aromatic nitrogens is 1. The van der Waals surface area contributed by atoms with Gasteiger partial charge >= 0.3 is 5.97 Å². The van der Waals surface area contributed by atoms with Crippen LogP contribution in [0.2, 0.25) is 0 Å². The average molecular weight is 525 g/mol. The lowest BCUT2D eigenvalue weighted by Gasteiger charge is -2.10. The van der Waals surface area contributed by atoms with E-state index in [1.807, 2.05) is 66.7 Å². The van der Waals surface area contributed by atoms with Crippen molar-refractivity contribution in [1.82, 2.24) is 4.98 Å². The molecule has 4 aromatic rings. The lowest BCUT2D eigenvalue weighted by atomic mass is 9.97. The summed E-state index contributed by atoms with van der Waals surface area (Å²) in [6.07, 6.45) is 0.659. The van der Waals surface area contributed by atoms with E-state index in [0.29, 0.717) is 29.9 Å². The maximum absolute atomic E-state index is 13.1. The Hall–Kier alpha value is -4.23. The molecule has 0 fully saturated rings. The minimum absolute atomic E-state index is 0.215. The van der Waals surface area contributed by atoms with Crippen LogP contribution in [0.3, 0.4) is 0 Å². The molecule has 6 nitrogen and oxygen atoms in total. The van der Waals surface area contributed by atoms with E-state index in [1.54, 1.807) is 18.3 Å². The molecule has 0 radical (unpaired) electrons. The molecule has 192 valence electrons. The highest BCUT2D eigenvalue weighted by Gasteiger charge is 2.39. The molecule has 0 saturated heterocycles. The van der Waals surface area contributed by atoms with Gasteiger partial charge in [0.25, 0.3) is 0 Å². The summed E-state index contributed by atoms with van der Waals surface area (Å²) < 4.78 is 12.2. The van der Waals surface area contributed by atoms with Gasteiger partial charge in [0.15, 0.2) is 0 Å². The van der Waals surface area contributed by atoms with Crippen molar-refractivity contribution in [2.75, 3.05) is 20.3 Å². The molecule has 0 bridgehead atoms. The van der Waals surface area contributed by atoms with Gasteiger partial charge in [0.2, 0.25) is 5.71 Å². The molecular weight excluding hydrogens is 496 g/mol. The van der Waals surface area contributed by atoms with E-state index in [0.717, 1.165) is 32.1 Å². The molecule has 1 aliphatic carbocycles. The van der Waals surface area contributed by atoms with Crippen LogP contribution in [0, 0.1) is 12.1 Å². The zero-order valence-electron chi connectivity index (χ0n) is 21.6. The summed E-state index contributed by atoms with van der Waals surface area (Å²) in [6.45, 7) is 4.48. The lowest BCUT2D eigenvalue weighted by Crippen LogP contribution is -2.21. The van der Waals surface area contributed by atoms with Gasteiger partial charge in [0.05, 0.1) is 24.5 Å². The van der Waals surface area contributed by atoms with Crippen LogP contribution >= 0.6 is 11.3 Å². The van der Waals surface area contributed by atoms with Crippen molar-refractivity contribution in [3.8, 4) is 16.3 Å². The summed E-state index contributed by atoms with van der Waals surface area (Å²) in [5.74, 6) is 0.104. The van der Waals surface area contributed by atoms with Crippen LogP contribution in [0.1, 0.15) is 34.2 Å². The van der Waals surface area contributed by atoms with Crippen LogP contribution in [0.15, 0.2) is 84.4 Å². The highest BCUT2D eigenvalue weighted by molar-refractivity contribution is 7.15. The van der Waals surface area contributed by atoms with Crippen LogP contribution in [0.5, 0.6) is 5.75 Å². The molecule has 0 unspecified atom stereocenters. The predicted octanol–water partition coefficient (Wildman–Crippen LogP) is 6.05. The Morgan fingerprint density at radius 1 is 0.974 bits per heavy atom. The van der Waals surface area contributed by atoms with E-state index in [2.05, 4.69) is 19.1 Å². The molecule has 1 aliphatic rings. The summed E-state index contributed by atoms with van der Waals surface area (Å²) in [5, 5.41) is 13.8. The third-order valence-corrected chi connectivity index (χ3v) is 7.44. The van der Waals surface area contributed by atoms with E-state index < -0.39 is 5.97 Å². The topological polar surface area (TPSA) is 74.5 Å². The molecule has 0 atom stereocenters. The number of thiazole rings is 1. The van der Waals surface area contributed by atoms with Gasteiger partial charge in [-0.15, -0.1) is 11.3 Å². The quantitative estimate of drug-likeness (QED) is 0.121. The molecule has 7 heteroatoms. The van der Waals surface area contributed by atoms with Crippen LogP contribution < -0.4 is 4.74 Å². The first-order chi connectivity index (χ1) is 18.5. The number of hydrogen-bond donors (Lipinski definition) is 0. The summed E-state index contributed by atoms with van der Waals surface area (Å²) in [7, 11) is 1.40. The van der Waals surface area contributed by atoms with Crippen LogP contribution in [0.25, 0.3) is 16.1 Å². The second-order valence-corrected chi connectivity index (χ2v) is 10.1. The third-order valence-electron chi connectivity index (χ3n) is 6.38. The van der Waals surface area contributed by atoms with Gasteiger partial charge in [-0.2, -0.15) is 0 Å². The maximum Gasteiger partial charge on any atom is 0.345 e. The largest absolute Gasteiger partial charge is 0.624 e. The van der Waals surface area contributed by atoms with Crippen molar-refractivity contribution < 1.29 is 19.0 Å². The smallest absolute Gasteiger partial charge is 0.345 e. The van der Waals surface area contributed by atoms with Gasteiger partial charge in [-0.25, -0.2) is 14.5 Å². The molecule has 1 aromatic heterocycles. The Bertz CT molecular complexity index is 1530. The van der Waals surface area contributed by atoms with Gasteiger partial charge in [0.1, 0.15) is 23.4 Å². The normalized spacial score (nSPS) is 13.9. The number of carbonyl (C=O) groups excluding carboxylic acids is 1. The molecule has 5 rings (SSSR count).